The molecule has 0 radical (unpaired) electrons. The molecular formula is C11H20N2. The third-order valence-electron chi connectivity index (χ3n) is 3.00. The third kappa shape index (κ3) is 3.36. The molecule has 2 nitrogen and oxygen atoms in total. The normalized spacial score (nSPS) is 18.8. The van der Waals surface area contributed by atoms with Crippen molar-refractivity contribution < 1.29 is 0 Å². The quantitative estimate of drug-likeness (QED) is 0.603. The first-order valence-electron chi connectivity index (χ1n) is 5.45. The SMILES string of the molecule is [C-]#[N+]CCN(CC)C1CCCCC1. The van der Waals surface area contributed by atoms with E-state index < -0.39 is 0 Å². The average Bonchev–Trinajstić information content (AvgIpc) is 2.21. The van der Waals surface area contributed by atoms with E-state index >= 15 is 0 Å². The lowest BCUT2D eigenvalue weighted by Crippen LogP contribution is -2.38. The Morgan fingerprint density at radius 1 is 1.31 bits per heavy atom. The highest BCUT2D eigenvalue weighted by Crippen LogP contribution is 2.22. The second-order valence-electron chi connectivity index (χ2n) is 3.80. The van der Waals surface area contributed by atoms with Crippen molar-refractivity contribution in [2.75, 3.05) is 19.6 Å². The van der Waals surface area contributed by atoms with E-state index in [-0.39, 0.29) is 0 Å². The van der Waals surface area contributed by atoms with Gasteiger partial charge in [-0.1, -0.05) is 26.2 Å². The van der Waals surface area contributed by atoms with Crippen LogP contribution in [0.15, 0.2) is 0 Å². The van der Waals surface area contributed by atoms with Crippen molar-refractivity contribution in [1.29, 1.82) is 0 Å². The molecule has 0 N–H and O–H groups in total. The highest BCUT2D eigenvalue weighted by Gasteiger charge is 2.19. The Hall–Kier alpha value is -0.550. The maximum Gasteiger partial charge on any atom is 0.227 e. The molecule has 0 unspecified atom stereocenters. The molecule has 0 heterocycles. The van der Waals surface area contributed by atoms with Gasteiger partial charge in [0.2, 0.25) is 6.54 Å². The van der Waals surface area contributed by atoms with Crippen molar-refractivity contribution in [3.63, 3.8) is 0 Å². The molecule has 0 bridgehead atoms. The van der Waals surface area contributed by atoms with Gasteiger partial charge >= 0.3 is 0 Å². The Bertz CT molecular complexity index is 165. The van der Waals surface area contributed by atoms with E-state index in [1.165, 1.54) is 32.1 Å². The lowest BCUT2D eigenvalue weighted by atomic mass is 9.94. The molecule has 1 fully saturated rings. The molecule has 0 aromatic heterocycles. The third-order valence-corrected chi connectivity index (χ3v) is 3.00. The minimum atomic E-state index is 0.671. The Balaban J connectivity index is 2.31. The summed E-state index contributed by atoms with van der Waals surface area (Å²) in [5, 5.41) is 0. The van der Waals surface area contributed by atoms with Crippen LogP contribution in [-0.2, 0) is 0 Å². The predicted octanol–water partition coefficient (Wildman–Crippen LogP) is 2.56. The minimum Gasteiger partial charge on any atom is -0.316 e. The van der Waals surface area contributed by atoms with E-state index in [4.69, 9.17) is 6.57 Å². The first-order chi connectivity index (χ1) is 6.38. The lowest BCUT2D eigenvalue weighted by Gasteiger charge is -2.32. The van der Waals surface area contributed by atoms with Gasteiger partial charge in [-0.15, -0.1) is 0 Å². The fraction of sp³-hybridized carbons (Fsp3) is 0.909. The number of likely N-dealkylation sites (N-methyl/N-ethyl adjacent to an activating group) is 1. The molecule has 1 aliphatic carbocycles. The molecule has 0 atom stereocenters. The van der Waals surface area contributed by atoms with Crippen LogP contribution in [0.3, 0.4) is 0 Å². The van der Waals surface area contributed by atoms with Gasteiger partial charge < -0.3 is 4.85 Å². The summed E-state index contributed by atoms with van der Waals surface area (Å²) >= 11 is 0. The summed E-state index contributed by atoms with van der Waals surface area (Å²) in [5.74, 6) is 0. The van der Waals surface area contributed by atoms with Gasteiger partial charge in [0.15, 0.2) is 0 Å². The van der Waals surface area contributed by atoms with Crippen LogP contribution in [0.4, 0.5) is 0 Å². The Morgan fingerprint density at radius 3 is 2.54 bits per heavy atom. The largest absolute Gasteiger partial charge is 0.316 e. The van der Waals surface area contributed by atoms with Crippen LogP contribution in [0.1, 0.15) is 39.0 Å². The maximum atomic E-state index is 6.78. The zero-order valence-electron chi connectivity index (χ0n) is 8.63. The standard InChI is InChI=1S/C11H20N2/c1-3-13(10-9-12-2)11-7-5-4-6-8-11/h11H,3-10H2,1H3. The molecule has 0 spiro atoms. The zero-order chi connectivity index (χ0) is 9.52. The average molecular weight is 180 g/mol. The van der Waals surface area contributed by atoms with Crippen LogP contribution < -0.4 is 0 Å². The molecule has 2 heteroatoms. The zero-order valence-corrected chi connectivity index (χ0v) is 8.63. The molecule has 0 aromatic rings. The molecule has 0 aromatic carbocycles. The van der Waals surface area contributed by atoms with Crippen molar-refractivity contribution >= 4 is 0 Å². The van der Waals surface area contributed by atoms with E-state index in [0.717, 1.165) is 19.1 Å². The van der Waals surface area contributed by atoms with Crippen molar-refractivity contribution in [3.05, 3.63) is 11.4 Å². The summed E-state index contributed by atoms with van der Waals surface area (Å²) in [5.41, 5.74) is 0. The van der Waals surface area contributed by atoms with Crippen LogP contribution in [0.2, 0.25) is 0 Å². The monoisotopic (exact) mass is 180 g/mol. The number of hydrogen-bond acceptors (Lipinski definition) is 1. The highest BCUT2D eigenvalue weighted by molar-refractivity contribution is 4.77. The fourth-order valence-corrected chi connectivity index (χ4v) is 2.22. The van der Waals surface area contributed by atoms with Gasteiger partial charge in [-0.2, -0.15) is 0 Å². The van der Waals surface area contributed by atoms with Gasteiger partial charge in [0, 0.05) is 6.04 Å². The Labute approximate surface area is 81.7 Å². The van der Waals surface area contributed by atoms with Crippen LogP contribution in [0.25, 0.3) is 4.85 Å². The second-order valence-corrected chi connectivity index (χ2v) is 3.80. The van der Waals surface area contributed by atoms with Gasteiger partial charge in [0.1, 0.15) is 0 Å². The first-order valence-corrected chi connectivity index (χ1v) is 5.45. The summed E-state index contributed by atoms with van der Waals surface area (Å²) in [6.45, 7) is 11.7. The van der Waals surface area contributed by atoms with Gasteiger partial charge in [-0.05, 0) is 19.4 Å². The van der Waals surface area contributed by atoms with Gasteiger partial charge in [-0.3, -0.25) is 4.90 Å². The summed E-state index contributed by atoms with van der Waals surface area (Å²) in [6, 6.07) is 0.778. The number of nitrogens with zero attached hydrogens (tertiary/aromatic N) is 2. The summed E-state index contributed by atoms with van der Waals surface area (Å²) in [6.07, 6.45) is 6.90. The van der Waals surface area contributed by atoms with Gasteiger partial charge in [-0.25, -0.2) is 6.57 Å². The minimum absolute atomic E-state index is 0.671. The molecule has 1 aliphatic rings. The van der Waals surface area contributed by atoms with Crippen LogP contribution in [0.5, 0.6) is 0 Å². The molecule has 0 aliphatic heterocycles. The Morgan fingerprint density at radius 2 is 2.00 bits per heavy atom. The molecular weight excluding hydrogens is 160 g/mol. The topological polar surface area (TPSA) is 7.60 Å². The van der Waals surface area contributed by atoms with Crippen LogP contribution in [0, 0.1) is 6.57 Å². The van der Waals surface area contributed by atoms with Crippen molar-refractivity contribution in [2.24, 2.45) is 0 Å². The van der Waals surface area contributed by atoms with E-state index in [2.05, 4.69) is 16.7 Å². The van der Waals surface area contributed by atoms with Gasteiger partial charge in [0.25, 0.3) is 0 Å². The van der Waals surface area contributed by atoms with E-state index in [9.17, 15) is 0 Å². The smallest absolute Gasteiger partial charge is 0.227 e. The van der Waals surface area contributed by atoms with E-state index in [1.54, 1.807) is 0 Å². The van der Waals surface area contributed by atoms with Crippen molar-refractivity contribution in [1.82, 2.24) is 4.90 Å². The molecule has 74 valence electrons. The maximum absolute atomic E-state index is 6.78. The molecule has 13 heavy (non-hydrogen) atoms. The molecule has 0 amide bonds. The molecule has 1 saturated carbocycles. The van der Waals surface area contributed by atoms with Crippen molar-refractivity contribution in [3.8, 4) is 0 Å². The fourth-order valence-electron chi connectivity index (χ4n) is 2.22. The Kier molecular flexibility index (Phi) is 4.85. The summed E-state index contributed by atoms with van der Waals surface area (Å²) in [7, 11) is 0. The second kappa shape index (κ2) is 5.99. The predicted molar refractivity (Wildman–Crippen MR) is 55.6 cm³/mol. The van der Waals surface area contributed by atoms with Crippen LogP contribution >= 0.6 is 0 Å². The first kappa shape index (κ1) is 10.5. The van der Waals surface area contributed by atoms with Crippen molar-refractivity contribution in [2.45, 2.75) is 45.1 Å². The van der Waals surface area contributed by atoms with E-state index in [0.29, 0.717) is 6.54 Å². The number of hydrogen-bond donors (Lipinski definition) is 0. The van der Waals surface area contributed by atoms with Gasteiger partial charge in [0.05, 0.1) is 6.54 Å². The van der Waals surface area contributed by atoms with E-state index in [1.807, 2.05) is 0 Å². The highest BCUT2D eigenvalue weighted by atomic mass is 15.2. The number of rotatable bonds is 4. The lowest BCUT2D eigenvalue weighted by molar-refractivity contribution is 0.171. The molecule has 1 rings (SSSR count). The van der Waals surface area contributed by atoms with Crippen LogP contribution in [-0.4, -0.2) is 30.6 Å². The molecule has 0 saturated heterocycles. The summed E-state index contributed by atoms with van der Waals surface area (Å²) in [4.78, 5) is 5.91. The summed E-state index contributed by atoms with van der Waals surface area (Å²) < 4.78 is 0.